The number of nitrogens with one attached hydrogen (secondary N) is 2. The molecule has 7 nitrogen and oxygen atoms in total. The number of carbonyl (C=O) groups is 1. The maximum Gasteiger partial charge on any atom is 0.433 e. The van der Waals surface area contributed by atoms with Crippen molar-refractivity contribution >= 4 is 40.5 Å². The number of alkyl halides is 4. The van der Waals surface area contributed by atoms with E-state index in [-0.39, 0.29) is 17.9 Å². The van der Waals surface area contributed by atoms with Gasteiger partial charge in [0.05, 0.1) is 4.88 Å². The Balaban J connectivity index is 1.45. The van der Waals surface area contributed by atoms with Gasteiger partial charge in [-0.05, 0) is 68.4 Å². The summed E-state index contributed by atoms with van der Waals surface area (Å²) in [7, 11) is 0. The van der Waals surface area contributed by atoms with Crippen LogP contribution in [-0.4, -0.2) is 37.9 Å². The molecule has 4 rings (SSSR count). The second-order valence-corrected chi connectivity index (χ2v) is 10.6. The van der Waals surface area contributed by atoms with E-state index in [1.807, 2.05) is 13.0 Å². The summed E-state index contributed by atoms with van der Waals surface area (Å²) in [4.78, 5) is 24.8. The van der Waals surface area contributed by atoms with Gasteiger partial charge in [0.25, 0.3) is 0 Å². The lowest BCUT2D eigenvalue weighted by molar-refractivity contribution is -0.141. The monoisotopic (exact) mass is 553 g/mol. The van der Waals surface area contributed by atoms with Crippen LogP contribution in [-0.2, 0) is 16.6 Å². The van der Waals surface area contributed by atoms with E-state index < -0.39 is 17.5 Å². The van der Waals surface area contributed by atoms with E-state index in [1.54, 1.807) is 18.3 Å². The quantitative estimate of drug-likeness (QED) is 0.299. The van der Waals surface area contributed by atoms with Crippen LogP contribution < -0.4 is 10.6 Å². The normalized spacial score (nSPS) is 20.0. The third-order valence-electron chi connectivity index (χ3n) is 6.18. The second kappa shape index (κ2) is 11.3. The van der Waals surface area contributed by atoms with Gasteiger partial charge in [0.2, 0.25) is 11.9 Å². The summed E-state index contributed by atoms with van der Waals surface area (Å²) >= 11 is 7.02. The minimum atomic E-state index is -4.56. The summed E-state index contributed by atoms with van der Waals surface area (Å²) in [6, 6.07) is 6.34. The minimum Gasteiger partial charge on any atom is -0.383 e. The highest BCUT2D eigenvalue weighted by atomic mass is 35.5. The first-order chi connectivity index (χ1) is 17.6. The number of thiazole rings is 1. The number of anilines is 2. The number of rotatable bonds is 8. The molecule has 0 unspecified atom stereocenters. The molecule has 0 aliphatic heterocycles. The fraction of sp³-hybridized carbons (Fsp3) is 0.440. The second-order valence-electron chi connectivity index (χ2n) is 9.17. The van der Waals surface area contributed by atoms with Crippen LogP contribution >= 0.6 is 22.9 Å². The molecular weight excluding hydrogens is 527 g/mol. The molecule has 198 valence electrons. The molecule has 1 aliphatic rings. The third kappa shape index (κ3) is 6.97. The Hall–Kier alpha value is -2.76. The summed E-state index contributed by atoms with van der Waals surface area (Å²) < 4.78 is 39.0. The van der Waals surface area contributed by atoms with Crippen LogP contribution in [0.1, 0.15) is 54.8 Å². The number of carbonyl (C=O) groups excluding carboxylic acids is 1. The molecular formula is C25H27ClF3N5O2S. The molecule has 2 aromatic heterocycles. The molecule has 37 heavy (non-hydrogen) atoms. The van der Waals surface area contributed by atoms with Crippen LogP contribution in [0.2, 0.25) is 0 Å². The molecule has 0 saturated heterocycles. The van der Waals surface area contributed by atoms with E-state index in [0.29, 0.717) is 55.1 Å². The molecule has 0 spiro atoms. The van der Waals surface area contributed by atoms with Crippen molar-refractivity contribution in [1.82, 2.24) is 20.3 Å². The van der Waals surface area contributed by atoms with E-state index in [0.717, 1.165) is 28.3 Å². The highest BCUT2D eigenvalue weighted by Gasteiger charge is 2.38. The molecule has 12 heteroatoms. The van der Waals surface area contributed by atoms with E-state index in [2.05, 4.69) is 25.6 Å². The Morgan fingerprint density at radius 3 is 2.70 bits per heavy atom. The Labute approximate surface area is 221 Å². The zero-order valence-electron chi connectivity index (χ0n) is 20.1. The molecule has 0 radical (unpaired) electrons. The van der Waals surface area contributed by atoms with Crippen molar-refractivity contribution in [2.75, 3.05) is 11.2 Å². The Bertz CT molecular complexity index is 1250. The summed E-state index contributed by atoms with van der Waals surface area (Å²) in [5.74, 6) is 0.270. The molecule has 1 saturated carbocycles. The zero-order valence-corrected chi connectivity index (χ0v) is 21.7. The van der Waals surface area contributed by atoms with Crippen LogP contribution in [0.5, 0.6) is 0 Å². The van der Waals surface area contributed by atoms with Gasteiger partial charge in [0.1, 0.15) is 16.3 Å². The minimum absolute atomic E-state index is 0.0194. The number of halogens is 4. The first-order valence-electron chi connectivity index (χ1n) is 11.9. The van der Waals surface area contributed by atoms with Crippen molar-refractivity contribution in [2.24, 2.45) is 0 Å². The Kier molecular flexibility index (Phi) is 8.35. The zero-order chi connectivity index (χ0) is 26.6. The number of aliphatic hydroxyl groups is 1. The van der Waals surface area contributed by atoms with Crippen LogP contribution in [0.4, 0.5) is 24.8 Å². The molecule has 0 bridgehead atoms. The SMILES string of the molecule is Cc1cc(Nc2nccc(C(F)(F)F)n2)cc(-c2cnc([C@]3(O)CC[C@H](NC(=O)CCCCl)CC3)s2)c1. The van der Waals surface area contributed by atoms with Gasteiger partial charge in [0, 0.05) is 36.4 Å². The van der Waals surface area contributed by atoms with Gasteiger partial charge in [0.15, 0.2) is 0 Å². The van der Waals surface area contributed by atoms with Gasteiger partial charge in [-0.1, -0.05) is 6.07 Å². The fourth-order valence-corrected chi connectivity index (χ4v) is 5.49. The lowest BCUT2D eigenvalue weighted by atomic mass is 9.82. The molecule has 0 atom stereocenters. The largest absolute Gasteiger partial charge is 0.433 e. The number of aryl methyl sites for hydroxylation is 1. The van der Waals surface area contributed by atoms with Gasteiger partial charge in [-0.3, -0.25) is 4.79 Å². The predicted molar refractivity (Wildman–Crippen MR) is 137 cm³/mol. The molecule has 2 heterocycles. The van der Waals surface area contributed by atoms with E-state index >= 15 is 0 Å². The van der Waals surface area contributed by atoms with Crippen molar-refractivity contribution in [2.45, 2.75) is 63.3 Å². The molecule has 3 aromatic rings. The van der Waals surface area contributed by atoms with Crippen LogP contribution in [0.3, 0.4) is 0 Å². The van der Waals surface area contributed by atoms with Gasteiger partial charge in [-0.2, -0.15) is 13.2 Å². The first-order valence-corrected chi connectivity index (χ1v) is 13.2. The van der Waals surface area contributed by atoms with Crippen molar-refractivity contribution in [3.63, 3.8) is 0 Å². The van der Waals surface area contributed by atoms with Crippen molar-refractivity contribution < 1.29 is 23.1 Å². The average molecular weight is 554 g/mol. The molecule has 1 aromatic carbocycles. The van der Waals surface area contributed by atoms with Crippen LogP contribution in [0.15, 0.2) is 36.7 Å². The summed E-state index contributed by atoms with van der Waals surface area (Å²) in [6.07, 6.45) is 1.47. The molecule has 3 N–H and O–H groups in total. The Morgan fingerprint density at radius 2 is 2.00 bits per heavy atom. The van der Waals surface area contributed by atoms with E-state index in [1.165, 1.54) is 11.3 Å². The smallest absolute Gasteiger partial charge is 0.383 e. The number of hydrogen-bond acceptors (Lipinski definition) is 7. The third-order valence-corrected chi connectivity index (χ3v) is 7.69. The van der Waals surface area contributed by atoms with Gasteiger partial charge in [-0.15, -0.1) is 22.9 Å². The van der Waals surface area contributed by atoms with Crippen LogP contribution in [0.25, 0.3) is 10.4 Å². The number of benzene rings is 1. The first kappa shape index (κ1) is 27.3. The summed E-state index contributed by atoms with van der Waals surface area (Å²) in [6.45, 7) is 1.87. The topological polar surface area (TPSA) is 100 Å². The molecule has 1 fully saturated rings. The predicted octanol–water partition coefficient (Wildman–Crippen LogP) is 5.94. The van der Waals surface area contributed by atoms with Crippen molar-refractivity contribution in [1.29, 1.82) is 0 Å². The highest BCUT2D eigenvalue weighted by molar-refractivity contribution is 7.15. The fourth-order valence-electron chi connectivity index (χ4n) is 4.31. The summed E-state index contributed by atoms with van der Waals surface area (Å²) in [5.41, 5.74) is 0.126. The van der Waals surface area contributed by atoms with Crippen molar-refractivity contribution in [3.8, 4) is 10.4 Å². The van der Waals surface area contributed by atoms with Gasteiger partial charge in [-0.25, -0.2) is 15.0 Å². The van der Waals surface area contributed by atoms with E-state index in [9.17, 15) is 23.1 Å². The van der Waals surface area contributed by atoms with Crippen LogP contribution in [0, 0.1) is 6.92 Å². The number of nitrogens with zero attached hydrogens (tertiary/aromatic N) is 3. The van der Waals surface area contributed by atoms with Crippen molar-refractivity contribution in [3.05, 3.63) is 52.9 Å². The standard InChI is InChI=1S/C25H27ClF3N5O2S/c1-15-11-16(13-18(12-15)33-23-30-10-6-20(34-23)25(27,28)29)19-14-31-22(37-19)24(36)7-4-17(5-8-24)32-21(35)3-2-9-26/h6,10-14,17,36H,2-5,7-9H2,1H3,(H,32,35)(H,30,33,34)/t17-,24-. The number of aromatic nitrogens is 3. The highest BCUT2D eigenvalue weighted by Crippen LogP contribution is 2.41. The van der Waals surface area contributed by atoms with Gasteiger partial charge < -0.3 is 15.7 Å². The van der Waals surface area contributed by atoms with Gasteiger partial charge >= 0.3 is 6.18 Å². The molecule has 1 amide bonds. The lowest BCUT2D eigenvalue weighted by Gasteiger charge is -2.34. The maximum absolute atomic E-state index is 13.0. The number of hydrogen-bond donors (Lipinski definition) is 3. The number of amides is 1. The Morgan fingerprint density at radius 1 is 1.24 bits per heavy atom. The average Bonchev–Trinajstić information content (AvgIpc) is 3.35. The lowest BCUT2D eigenvalue weighted by Crippen LogP contribution is -2.42. The molecule has 1 aliphatic carbocycles. The summed E-state index contributed by atoms with van der Waals surface area (Å²) in [5, 5.41) is 17.8. The van der Waals surface area contributed by atoms with E-state index in [4.69, 9.17) is 11.6 Å². The maximum atomic E-state index is 13.0.